The van der Waals surface area contributed by atoms with Crippen LogP contribution >= 0.6 is 0 Å². The number of benzene rings is 2. The Morgan fingerprint density at radius 1 is 1.04 bits per heavy atom. The Morgan fingerprint density at radius 3 is 2.15 bits per heavy atom. The molecule has 2 aromatic rings. The first-order valence-corrected chi connectivity index (χ1v) is 10.9. The van der Waals surface area contributed by atoms with E-state index in [0.29, 0.717) is 23.7 Å². The van der Waals surface area contributed by atoms with E-state index in [-0.39, 0.29) is 5.91 Å². The van der Waals surface area contributed by atoms with Gasteiger partial charge in [-0.2, -0.15) is 0 Å². The minimum Gasteiger partial charge on any atom is -0.352 e. The molecule has 146 valence electrons. The lowest BCUT2D eigenvalue weighted by atomic mass is 10.0. The number of hydrogen-bond acceptors (Lipinski definition) is 3. The predicted octanol–water partition coefficient (Wildman–Crippen LogP) is 3.57. The molecule has 6 heteroatoms. The van der Waals surface area contributed by atoms with Gasteiger partial charge in [0.05, 0.1) is 11.9 Å². The van der Waals surface area contributed by atoms with Gasteiger partial charge < -0.3 is 5.32 Å². The maximum Gasteiger partial charge on any atom is 0.251 e. The van der Waals surface area contributed by atoms with Crippen molar-refractivity contribution in [3.63, 3.8) is 0 Å². The molecule has 2 rings (SSSR count). The summed E-state index contributed by atoms with van der Waals surface area (Å²) in [4.78, 5) is 12.2. The van der Waals surface area contributed by atoms with Crippen LogP contribution in [0.4, 0.5) is 5.69 Å². The number of nitrogens with one attached hydrogen (secondary N) is 1. The van der Waals surface area contributed by atoms with Crippen LogP contribution < -0.4 is 9.62 Å². The molecule has 0 saturated heterocycles. The van der Waals surface area contributed by atoms with E-state index in [2.05, 4.69) is 43.4 Å². The van der Waals surface area contributed by atoms with Crippen molar-refractivity contribution in [1.82, 2.24) is 5.32 Å². The molecule has 0 bridgehead atoms. The predicted molar refractivity (Wildman–Crippen MR) is 111 cm³/mol. The molecule has 2 aromatic carbocycles. The van der Waals surface area contributed by atoms with Crippen molar-refractivity contribution in [2.75, 3.05) is 24.2 Å². The van der Waals surface area contributed by atoms with Gasteiger partial charge in [0.15, 0.2) is 0 Å². The van der Waals surface area contributed by atoms with E-state index in [4.69, 9.17) is 0 Å². The molecule has 27 heavy (non-hydrogen) atoms. The minimum atomic E-state index is -3.31. The lowest BCUT2D eigenvalue weighted by molar-refractivity contribution is 0.0953. The number of sulfonamides is 1. The van der Waals surface area contributed by atoms with Gasteiger partial charge in [-0.05, 0) is 54.2 Å². The van der Waals surface area contributed by atoms with Gasteiger partial charge in [-0.1, -0.05) is 38.1 Å². The summed E-state index contributed by atoms with van der Waals surface area (Å²) in [6.07, 6.45) is 2.92. The van der Waals surface area contributed by atoms with Gasteiger partial charge in [0.25, 0.3) is 5.91 Å². The molecule has 1 amide bonds. The number of aryl methyl sites for hydroxylation is 1. The third-order valence-electron chi connectivity index (χ3n) is 4.56. The van der Waals surface area contributed by atoms with Crippen molar-refractivity contribution in [2.45, 2.75) is 32.6 Å². The topological polar surface area (TPSA) is 66.5 Å². The Labute approximate surface area is 162 Å². The molecule has 0 saturated carbocycles. The third kappa shape index (κ3) is 6.10. The van der Waals surface area contributed by atoms with E-state index in [1.807, 2.05) is 0 Å². The van der Waals surface area contributed by atoms with Crippen LogP contribution in [-0.2, 0) is 16.4 Å². The molecule has 0 aromatic heterocycles. The molecule has 0 aliphatic rings. The highest BCUT2D eigenvalue weighted by Crippen LogP contribution is 2.17. The van der Waals surface area contributed by atoms with E-state index >= 15 is 0 Å². The fourth-order valence-electron chi connectivity index (χ4n) is 2.68. The van der Waals surface area contributed by atoms with Crippen molar-refractivity contribution in [3.05, 3.63) is 65.2 Å². The van der Waals surface area contributed by atoms with Crippen LogP contribution in [-0.4, -0.2) is 34.2 Å². The summed E-state index contributed by atoms with van der Waals surface area (Å²) >= 11 is 0. The lowest BCUT2D eigenvalue weighted by Gasteiger charge is -2.16. The van der Waals surface area contributed by atoms with Gasteiger partial charge in [0, 0.05) is 19.2 Å². The van der Waals surface area contributed by atoms with Crippen molar-refractivity contribution in [1.29, 1.82) is 0 Å². The molecular formula is C21H28N2O3S. The number of nitrogens with zero attached hydrogens (tertiary/aromatic N) is 1. The van der Waals surface area contributed by atoms with Gasteiger partial charge >= 0.3 is 0 Å². The second kappa shape index (κ2) is 9.04. The first kappa shape index (κ1) is 21.0. The normalized spacial score (nSPS) is 11.4. The highest BCUT2D eigenvalue weighted by molar-refractivity contribution is 7.92. The molecule has 0 heterocycles. The average Bonchev–Trinajstić information content (AvgIpc) is 2.64. The molecule has 1 N–H and O–H groups in total. The second-order valence-corrected chi connectivity index (χ2v) is 9.05. The fraction of sp³-hybridized carbons (Fsp3) is 0.381. The number of hydrogen-bond donors (Lipinski definition) is 1. The Morgan fingerprint density at radius 2 is 1.63 bits per heavy atom. The van der Waals surface area contributed by atoms with Gasteiger partial charge in [0.2, 0.25) is 10.0 Å². The van der Waals surface area contributed by atoms with Crippen molar-refractivity contribution in [2.24, 2.45) is 0 Å². The molecule has 0 aliphatic heterocycles. The molecule has 0 atom stereocenters. The maximum atomic E-state index is 12.2. The first-order valence-electron chi connectivity index (χ1n) is 9.09. The Kier molecular flexibility index (Phi) is 7.02. The molecule has 0 aliphatic carbocycles. The summed E-state index contributed by atoms with van der Waals surface area (Å²) in [7, 11) is -1.82. The summed E-state index contributed by atoms with van der Waals surface area (Å²) < 4.78 is 24.3. The van der Waals surface area contributed by atoms with E-state index in [1.165, 1.54) is 22.5 Å². The number of carbonyl (C=O) groups is 1. The highest BCUT2D eigenvalue weighted by Gasteiger charge is 2.12. The van der Waals surface area contributed by atoms with Gasteiger partial charge in [-0.15, -0.1) is 0 Å². The number of carbonyl (C=O) groups excluding carboxylic acids is 1. The van der Waals surface area contributed by atoms with Crippen LogP contribution in [0.15, 0.2) is 48.5 Å². The van der Waals surface area contributed by atoms with Gasteiger partial charge in [0.1, 0.15) is 0 Å². The Hall–Kier alpha value is -2.34. The Balaban J connectivity index is 1.82. The molecule has 0 spiro atoms. The summed E-state index contributed by atoms with van der Waals surface area (Å²) in [5.41, 5.74) is 3.64. The third-order valence-corrected chi connectivity index (χ3v) is 5.77. The van der Waals surface area contributed by atoms with Crippen LogP contribution in [0.2, 0.25) is 0 Å². The fourth-order valence-corrected chi connectivity index (χ4v) is 3.18. The largest absolute Gasteiger partial charge is 0.352 e. The highest BCUT2D eigenvalue weighted by atomic mass is 32.2. The number of rotatable bonds is 8. The quantitative estimate of drug-likeness (QED) is 0.703. The standard InChI is InChI=1S/C21H28N2O3S/c1-16(2)18-9-7-17(8-10-18)6-5-15-22-21(24)19-11-13-20(14-12-19)23(3)27(4,25)26/h7-14,16H,5-6,15H2,1-4H3,(H,22,24). The van der Waals surface area contributed by atoms with E-state index in [1.54, 1.807) is 24.3 Å². The monoisotopic (exact) mass is 388 g/mol. The van der Waals surface area contributed by atoms with E-state index in [9.17, 15) is 13.2 Å². The van der Waals surface area contributed by atoms with Crippen molar-refractivity contribution in [3.8, 4) is 0 Å². The zero-order chi connectivity index (χ0) is 20.0. The van der Waals surface area contributed by atoms with Crippen molar-refractivity contribution >= 4 is 21.6 Å². The second-order valence-electron chi connectivity index (χ2n) is 7.03. The van der Waals surface area contributed by atoms with E-state index < -0.39 is 10.0 Å². The van der Waals surface area contributed by atoms with E-state index in [0.717, 1.165) is 19.1 Å². The Bertz CT molecular complexity index is 857. The molecule has 0 unspecified atom stereocenters. The zero-order valence-corrected chi connectivity index (χ0v) is 17.2. The summed E-state index contributed by atoms with van der Waals surface area (Å²) in [5, 5.41) is 2.91. The van der Waals surface area contributed by atoms with Crippen LogP contribution in [0.5, 0.6) is 0 Å². The summed E-state index contributed by atoms with van der Waals surface area (Å²) in [6.45, 7) is 4.95. The minimum absolute atomic E-state index is 0.154. The van der Waals surface area contributed by atoms with Crippen LogP contribution in [0.1, 0.15) is 47.7 Å². The van der Waals surface area contributed by atoms with Crippen LogP contribution in [0, 0.1) is 0 Å². The first-order chi connectivity index (χ1) is 12.7. The van der Waals surface area contributed by atoms with Gasteiger partial charge in [-0.3, -0.25) is 9.10 Å². The van der Waals surface area contributed by atoms with Gasteiger partial charge in [-0.25, -0.2) is 8.42 Å². The molecular weight excluding hydrogens is 360 g/mol. The molecule has 0 radical (unpaired) electrons. The van der Waals surface area contributed by atoms with Crippen molar-refractivity contribution < 1.29 is 13.2 Å². The van der Waals surface area contributed by atoms with Crippen LogP contribution in [0.25, 0.3) is 0 Å². The van der Waals surface area contributed by atoms with Crippen LogP contribution in [0.3, 0.4) is 0 Å². The SMILES string of the molecule is CC(C)c1ccc(CCCNC(=O)c2ccc(N(C)S(C)(=O)=O)cc2)cc1. The smallest absolute Gasteiger partial charge is 0.251 e. The number of amides is 1. The zero-order valence-electron chi connectivity index (χ0n) is 16.4. The number of anilines is 1. The molecule has 5 nitrogen and oxygen atoms in total. The summed E-state index contributed by atoms with van der Waals surface area (Å²) in [6, 6.07) is 15.1. The lowest BCUT2D eigenvalue weighted by Crippen LogP contribution is -2.26. The maximum absolute atomic E-state index is 12.2. The molecule has 0 fully saturated rings. The average molecular weight is 389 g/mol. The summed E-state index contributed by atoms with van der Waals surface area (Å²) in [5.74, 6) is 0.376.